The average molecular weight is 220 g/mol. The van der Waals surface area contributed by atoms with Crippen LogP contribution in [0, 0.1) is 17.1 Å². The van der Waals surface area contributed by atoms with Crippen LogP contribution in [0.1, 0.15) is 5.56 Å². The molecule has 1 rings (SSSR count). The van der Waals surface area contributed by atoms with E-state index < -0.39 is 15.0 Å². The minimum absolute atomic E-state index is 0.0285. The van der Waals surface area contributed by atoms with Gasteiger partial charge >= 0.3 is 0 Å². The first-order valence-corrected chi connectivity index (χ1v) is 6.48. The van der Waals surface area contributed by atoms with Gasteiger partial charge in [0.25, 0.3) is 0 Å². The molecule has 0 unspecified atom stereocenters. The van der Waals surface area contributed by atoms with Gasteiger partial charge in [-0.3, -0.25) is 4.21 Å². The highest BCUT2D eigenvalue weighted by Crippen LogP contribution is 2.24. The fourth-order valence-corrected chi connectivity index (χ4v) is 2.27. The minimum Gasteiger partial charge on any atom is -0.266 e. The molecular formula is C8H7ClFNOS. The van der Waals surface area contributed by atoms with E-state index in [1.807, 2.05) is 0 Å². The van der Waals surface area contributed by atoms with Gasteiger partial charge in [-0.15, -0.1) is 0 Å². The van der Waals surface area contributed by atoms with Gasteiger partial charge in [-0.1, -0.05) is 0 Å². The number of halogens is 2. The van der Waals surface area contributed by atoms with Crippen molar-refractivity contribution in [2.45, 2.75) is 4.90 Å². The van der Waals surface area contributed by atoms with Crippen molar-refractivity contribution < 1.29 is 8.60 Å². The molecule has 70 valence electrons. The van der Waals surface area contributed by atoms with Gasteiger partial charge in [0.2, 0.25) is 0 Å². The van der Waals surface area contributed by atoms with Crippen molar-refractivity contribution in [3.63, 3.8) is 0 Å². The Balaban J connectivity index is 3.41. The quantitative estimate of drug-likeness (QED) is 0.579. The van der Waals surface area contributed by atoms with E-state index in [1.54, 1.807) is 6.07 Å². The number of hydrogen-bond donors (Lipinski definition) is 1. The maximum Gasteiger partial charge on any atom is 0.124 e. The van der Waals surface area contributed by atoms with E-state index in [0.717, 1.165) is 12.1 Å². The normalized spacial score (nSPS) is 12.2. The van der Waals surface area contributed by atoms with Crippen molar-refractivity contribution >= 4 is 19.8 Å². The Labute approximate surface area is 80.9 Å². The van der Waals surface area contributed by atoms with Crippen molar-refractivity contribution in [2.24, 2.45) is 0 Å². The summed E-state index contributed by atoms with van der Waals surface area (Å²) in [7, 11) is 2.57. The molecule has 0 aliphatic carbocycles. The van der Waals surface area contributed by atoms with Crippen LogP contribution in [0.3, 0.4) is 0 Å². The number of nitrogens with zero attached hydrogens (tertiary/aromatic N) is 1. The topological polar surface area (TPSA) is 40.9 Å². The maximum absolute atomic E-state index is 12.6. The lowest BCUT2D eigenvalue weighted by Gasteiger charge is -2.10. The van der Waals surface area contributed by atoms with Gasteiger partial charge in [0.15, 0.2) is 0 Å². The third-order valence-electron chi connectivity index (χ3n) is 1.51. The van der Waals surface area contributed by atoms with Gasteiger partial charge < -0.3 is 0 Å². The van der Waals surface area contributed by atoms with Gasteiger partial charge in [-0.05, 0) is 38.0 Å². The largest absolute Gasteiger partial charge is 0.266 e. The lowest BCUT2D eigenvalue weighted by atomic mass is 10.2. The summed E-state index contributed by atoms with van der Waals surface area (Å²) in [6.07, 6.45) is 1.32. The first-order chi connectivity index (χ1) is 5.95. The lowest BCUT2D eigenvalue weighted by molar-refractivity contribution is 0.625. The van der Waals surface area contributed by atoms with Crippen molar-refractivity contribution in [3.05, 3.63) is 29.6 Å². The highest BCUT2D eigenvalue weighted by Gasteiger charge is 2.13. The number of thiol groups is 1. The molecule has 0 spiro atoms. The molecule has 13 heavy (non-hydrogen) atoms. The first-order valence-electron chi connectivity index (χ1n) is 3.42. The average Bonchev–Trinajstić information content (AvgIpc) is 2.01. The summed E-state index contributed by atoms with van der Waals surface area (Å²) in [5.74, 6) is -0.537. The third-order valence-corrected chi connectivity index (χ3v) is 3.31. The summed E-state index contributed by atoms with van der Waals surface area (Å²) in [5, 5.41) is 8.61. The molecule has 0 radical (unpaired) electrons. The Morgan fingerprint density at radius 3 is 2.69 bits per heavy atom. The zero-order chi connectivity index (χ0) is 10.1. The van der Waals surface area contributed by atoms with Crippen LogP contribution in [-0.4, -0.2) is 10.5 Å². The second-order valence-corrected chi connectivity index (χ2v) is 6.65. The van der Waals surface area contributed by atoms with E-state index >= 15 is 0 Å². The molecule has 0 atom stereocenters. The van der Waals surface area contributed by atoms with Crippen LogP contribution in [-0.2, 0) is 9.15 Å². The number of benzene rings is 1. The zero-order valence-electron chi connectivity index (χ0n) is 6.79. The summed E-state index contributed by atoms with van der Waals surface area (Å²) in [6.45, 7) is 0. The smallest absolute Gasteiger partial charge is 0.124 e. The molecule has 0 aromatic heterocycles. The molecule has 0 amide bonds. The number of rotatable bonds is 1. The summed E-state index contributed by atoms with van der Waals surface area (Å²) in [4.78, 5) is 0.207. The summed E-state index contributed by atoms with van der Waals surface area (Å²) < 4.78 is 24.0. The molecule has 1 aromatic carbocycles. The summed E-state index contributed by atoms with van der Waals surface area (Å²) in [6, 6.07) is 5.18. The van der Waals surface area contributed by atoms with Crippen LogP contribution in [0.25, 0.3) is 0 Å². The fraction of sp³-hybridized carbons (Fsp3) is 0.125. The number of hydrogen-bond acceptors (Lipinski definition) is 2. The third kappa shape index (κ3) is 2.27. The molecule has 2 nitrogen and oxygen atoms in total. The van der Waals surface area contributed by atoms with Crippen LogP contribution in [0.4, 0.5) is 4.39 Å². The highest BCUT2D eigenvalue weighted by atomic mass is 35.7. The summed E-state index contributed by atoms with van der Waals surface area (Å²) >= 11 is 0. The van der Waals surface area contributed by atoms with E-state index in [1.165, 1.54) is 12.3 Å². The van der Waals surface area contributed by atoms with Gasteiger partial charge in [0.05, 0.1) is 5.56 Å². The van der Waals surface area contributed by atoms with Gasteiger partial charge in [0, 0.05) is 11.2 Å². The molecule has 0 aliphatic heterocycles. The van der Waals surface area contributed by atoms with Crippen LogP contribution in [0.5, 0.6) is 0 Å². The molecular weight excluding hydrogens is 213 g/mol. The van der Waals surface area contributed by atoms with Crippen molar-refractivity contribution in [3.8, 4) is 6.07 Å². The maximum atomic E-state index is 12.6. The molecule has 0 heterocycles. The van der Waals surface area contributed by atoms with Crippen LogP contribution >= 0.6 is 10.7 Å². The van der Waals surface area contributed by atoms with Gasteiger partial charge in [-0.25, -0.2) is 4.39 Å². The van der Waals surface area contributed by atoms with Gasteiger partial charge in [0.1, 0.15) is 11.9 Å². The molecule has 0 saturated heterocycles. The van der Waals surface area contributed by atoms with Crippen molar-refractivity contribution in [1.29, 1.82) is 5.26 Å². The zero-order valence-corrected chi connectivity index (χ0v) is 8.44. The Morgan fingerprint density at radius 2 is 2.23 bits per heavy atom. The molecule has 1 aromatic rings. The predicted molar refractivity (Wildman–Crippen MR) is 50.7 cm³/mol. The van der Waals surface area contributed by atoms with E-state index in [2.05, 4.69) is 0 Å². The van der Waals surface area contributed by atoms with Gasteiger partial charge in [-0.2, -0.15) is 5.26 Å². The Morgan fingerprint density at radius 1 is 1.62 bits per heavy atom. The second kappa shape index (κ2) is 3.44. The first kappa shape index (κ1) is 10.2. The van der Waals surface area contributed by atoms with E-state index in [9.17, 15) is 8.60 Å². The molecule has 0 bridgehead atoms. The highest BCUT2D eigenvalue weighted by molar-refractivity contribution is 8.23. The molecule has 0 N–H and O–H groups in total. The van der Waals surface area contributed by atoms with Crippen LogP contribution in [0.2, 0.25) is 0 Å². The Hall–Kier alpha value is -0.920. The second-order valence-electron chi connectivity index (χ2n) is 2.59. The standard InChI is InChI=1S/C8H7ClFNOS/c1-13(9,12)8-3-2-7(10)4-6(8)5-11/h2-4,13H,1H3. The van der Waals surface area contributed by atoms with Crippen LogP contribution in [0.15, 0.2) is 23.1 Å². The van der Waals surface area contributed by atoms with E-state index in [-0.39, 0.29) is 10.5 Å². The SMILES string of the molecule is C[SH](=O)(Cl)c1ccc(F)cc1C#N. The van der Waals surface area contributed by atoms with E-state index in [0.29, 0.717) is 0 Å². The fourth-order valence-electron chi connectivity index (χ4n) is 0.946. The van der Waals surface area contributed by atoms with E-state index in [4.69, 9.17) is 15.9 Å². The molecule has 0 aliphatic rings. The minimum atomic E-state index is -3.01. The van der Waals surface area contributed by atoms with Crippen molar-refractivity contribution in [2.75, 3.05) is 6.26 Å². The Bertz CT molecular complexity index is 421. The summed E-state index contributed by atoms with van der Waals surface area (Å²) in [5.41, 5.74) is 0.0285. The molecule has 5 heteroatoms. The van der Waals surface area contributed by atoms with Crippen LogP contribution < -0.4 is 0 Å². The predicted octanol–water partition coefficient (Wildman–Crippen LogP) is 1.86. The molecule has 0 saturated carbocycles. The Kier molecular flexibility index (Phi) is 2.69. The number of nitriles is 1. The van der Waals surface area contributed by atoms with Crippen molar-refractivity contribution in [1.82, 2.24) is 0 Å². The molecule has 0 fully saturated rings. The lowest BCUT2D eigenvalue weighted by Crippen LogP contribution is -2.02. The monoisotopic (exact) mass is 219 g/mol.